The molecule has 0 aliphatic heterocycles. The van der Waals surface area contributed by atoms with Crippen molar-refractivity contribution in [1.82, 2.24) is 14.7 Å². The number of likely N-dealkylation sites (N-methyl/N-ethyl adjacent to an activating group) is 1. The topological polar surface area (TPSA) is 75.4 Å². The third-order valence-electron chi connectivity index (χ3n) is 5.49. The van der Waals surface area contributed by atoms with E-state index in [1.54, 1.807) is 7.05 Å². The first-order chi connectivity index (χ1) is 11.7. The van der Waals surface area contributed by atoms with E-state index in [-0.39, 0.29) is 12.3 Å². The average Bonchev–Trinajstić information content (AvgIpc) is 2.81. The number of carboxylic acid groups (broad SMARTS) is 1. The lowest BCUT2D eigenvalue weighted by Gasteiger charge is -2.41. The Balaban J connectivity index is 2.21. The van der Waals surface area contributed by atoms with E-state index >= 15 is 0 Å². The summed E-state index contributed by atoms with van der Waals surface area (Å²) in [6.07, 6.45) is 4.03. The molecule has 0 bridgehead atoms. The summed E-state index contributed by atoms with van der Waals surface area (Å²) < 4.78 is 1.95. The fourth-order valence-corrected chi connectivity index (χ4v) is 3.85. The summed E-state index contributed by atoms with van der Waals surface area (Å²) in [6, 6.07) is 0. The number of carbonyl (C=O) groups excluding carboxylic acids is 1. The summed E-state index contributed by atoms with van der Waals surface area (Å²) in [7, 11) is 1.64. The Morgan fingerprint density at radius 1 is 1.24 bits per heavy atom. The first-order valence-corrected chi connectivity index (χ1v) is 9.22. The number of carbonyl (C=O) groups is 2. The number of carboxylic acids is 1. The Bertz CT molecular complexity index is 643. The number of nitrogens with zero attached hydrogens (tertiary/aromatic N) is 3. The zero-order chi connectivity index (χ0) is 18.8. The second-order valence-corrected chi connectivity index (χ2v) is 7.75. The van der Waals surface area contributed by atoms with E-state index < -0.39 is 11.5 Å². The number of aromatic nitrogens is 2. The molecule has 6 heteroatoms. The molecule has 1 aromatic heterocycles. The Morgan fingerprint density at radius 2 is 1.84 bits per heavy atom. The normalized spacial score (nSPS) is 16.9. The second kappa shape index (κ2) is 7.58. The smallest absolute Gasteiger partial charge is 0.329 e. The van der Waals surface area contributed by atoms with Crippen molar-refractivity contribution in [2.45, 2.75) is 78.3 Å². The third-order valence-corrected chi connectivity index (χ3v) is 5.49. The van der Waals surface area contributed by atoms with Gasteiger partial charge in [-0.25, -0.2) is 4.79 Å². The molecule has 1 fully saturated rings. The van der Waals surface area contributed by atoms with Crippen LogP contribution in [0.4, 0.5) is 0 Å². The van der Waals surface area contributed by atoms with Crippen molar-refractivity contribution in [3.05, 3.63) is 17.0 Å². The molecule has 0 spiro atoms. The van der Waals surface area contributed by atoms with Gasteiger partial charge in [0.25, 0.3) is 0 Å². The lowest BCUT2D eigenvalue weighted by atomic mass is 9.80. The van der Waals surface area contributed by atoms with Crippen molar-refractivity contribution in [1.29, 1.82) is 0 Å². The zero-order valence-electron chi connectivity index (χ0n) is 16.1. The van der Waals surface area contributed by atoms with Crippen molar-refractivity contribution >= 4 is 11.9 Å². The van der Waals surface area contributed by atoms with E-state index in [4.69, 9.17) is 0 Å². The van der Waals surface area contributed by atoms with Gasteiger partial charge in [0.05, 0.1) is 12.1 Å². The van der Waals surface area contributed by atoms with Crippen LogP contribution in [0.2, 0.25) is 0 Å². The predicted octanol–water partition coefficient (Wildman–Crippen LogP) is 2.94. The van der Waals surface area contributed by atoms with Crippen LogP contribution < -0.4 is 0 Å². The largest absolute Gasteiger partial charge is 0.479 e. The monoisotopic (exact) mass is 349 g/mol. The molecule has 6 nitrogen and oxygen atoms in total. The highest BCUT2D eigenvalue weighted by Crippen LogP contribution is 2.34. The van der Waals surface area contributed by atoms with Gasteiger partial charge in [-0.05, 0) is 32.6 Å². The average molecular weight is 349 g/mol. The summed E-state index contributed by atoms with van der Waals surface area (Å²) in [5.41, 5.74) is 1.73. The van der Waals surface area contributed by atoms with Crippen LogP contribution in [0, 0.1) is 19.8 Å². The molecule has 2 rings (SSSR count). The van der Waals surface area contributed by atoms with E-state index in [0.29, 0.717) is 18.8 Å². The molecule has 140 valence electrons. The summed E-state index contributed by atoms with van der Waals surface area (Å²) >= 11 is 0. The Morgan fingerprint density at radius 3 is 2.36 bits per heavy atom. The molecular formula is C19H31N3O3. The van der Waals surface area contributed by atoms with Gasteiger partial charge in [-0.2, -0.15) is 5.10 Å². The van der Waals surface area contributed by atoms with Gasteiger partial charge in [-0.15, -0.1) is 0 Å². The summed E-state index contributed by atoms with van der Waals surface area (Å²) in [5.74, 6) is -0.548. The fraction of sp³-hybridized carbons (Fsp3) is 0.737. The van der Waals surface area contributed by atoms with Crippen molar-refractivity contribution in [3.8, 4) is 0 Å². The van der Waals surface area contributed by atoms with E-state index in [0.717, 1.165) is 42.8 Å². The molecule has 0 aromatic carbocycles. The maximum atomic E-state index is 12.9. The van der Waals surface area contributed by atoms with Crippen LogP contribution in [0.5, 0.6) is 0 Å². The molecule has 1 aliphatic carbocycles. The maximum absolute atomic E-state index is 12.9. The van der Waals surface area contributed by atoms with Gasteiger partial charge in [0, 0.05) is 24.8 Å². The van der Waals surface area contributed by atoms with Crippen LogP contribution in [0.25, 0.3) is 0 Å². The van der Waals surface area contributed by atoms with Crippen molar-refractivity contribution < 1.29 is 14.7 Å². The predicted molar refractivity (Wildman–Crippen MR) is 96.5 cm³/mol. The van der Waals surface area contributed by atoms with E-state index in [1.165, 1.54) is 4.90 Å². The molecule has 0 unspecified atom stereocenters. The lowest BCUT2D eigenvalue weighted by Crippen LogP contribution is -2.56. The SMILES string of the molecule is Cc1nn(CC(C)C)c(C)c1CC(=O)N(C)C1(C(=O)O)CCCCC1. The molecule has 0 atom stereocenters. The van der Waals surface area contributed by atoms with Gasteiger partial charge < -0.3 is 10.0 Å². The molecule has 0 radical (unpaired) electrons. The number of hydrogen-bond donors (Lipinski definition) is 1. The number of hydrogen-bond acceptors (Lipinski definition) is 3. The van der Waals surface area contributed by atoms with Gasteiger partial charge in [0.1, 0.15) is 5.54 Å². The van der Waals surface area contributed by atoms with Gasteiger partial charge in [-0.3, -0.25) is 9.48 Å². The van der Waals surface area contributed by atoms with Gasteiger partial charge in [0.2, 0.25) is 5.91 Å². The Labute approximate surface area is 150 Å². The maximum Gasteiger partial charge on any atom is 0.329 e. The summed E-state index contributed by atoms with van der Waals surface area (Å²) in [5, 5.41) is 14.3. The van der Waals surface area contributed by atoms with Gasteiger partial charge in [-0.1, -0.05) is 33.1 Å². The highest BCUT2D eigenvalue weighted by Gasteiger charge is 2.45. The van der Waals surface area contributed by atoms with Gasteiger partial charge in [0.15, 0.2) is 0 Å². The quantitative estimate of drug-likeness (QED) is 0.857. The highest BCUT2D eigenvalue weighted by atomic mass is 16.4. The minimum Gasteiger partial charge on any atom is -0.479 e. The zero-order valence-corrected chi connectivity index (χ0v) is 16.1. The minimum atomic E-state index is -1.05. The summed E-state index contributed by atoms with van der Waals surface area (Å²) in [6.45, 7) is 8.98. The number of rotatable bonds is 6. The molecule has 1 N–H and O–H groups in total. The van der Waals surface area contributed by atoms with Crippen LogP contribution in [0.1, 0.15) is 62.9 Å². The molecule has 1 aromatic rings. The van der Waals surface area contributed by atoms with E-state index in [2.05, 4.69) is 18.9 Å². The standard InChI is InChI=1S/C19H31N3O3/c1-13(2)12-22-15(4)16(14(3)20-22)11-17(23)21(5)19(18(24)25)9-7-6-8-10-19/h13H,6-12H2,1-5H3,(H,24,25). The third kappa shape index (κ3) is 3.88. The molecule has 1 aliphatic rings. The molecule has 1 heterocycles. The Hall–Kier alpha value is -1.85. The molecule has 1 amide bonds. The number of aryl methyl sites for hydroxylation is 1. The molecule has 0 saturated heterocycles. The van der Waals surface area contributed by atoms with Crippen LogP contribution in [0.3, 0.4) is 0 Å². The van der Waals surface area contributed by atoms with Crippen LogP contribution in [-0.4, -0.2) is 44.3 Å². The summed E-state index contributed by atoms with van der Waals surface area (Å²) in [4.78, 5) is 26.3. The van der Waals surface area contributed by atoms with Gasteiger partial charge >= 0.3 is 5.97 Å². The fourth-order valence-electron chi connectivity index (χ4n) is 3.85. The van der Waals surface area contributed by atoms with Crippen LogP contribution >= 0.6 is 0 Å². The Kier molecular flexibility index (Phi) is 5.91. The molecule has 25 heavy (non-hydrogen) atoms. The van der Waals surface area contributed by atoms with Crippen molar-refractivity contribution in [2.24, 2.45) is 5.92 Å². The van der Waals surface area contributed by atoms with Crippen molar-refractivity contribution in [3.63, 3.8) is 0 Å². The van der Waals surface area contributed by atoms with Crippen molar-refractivity contribution in [2.75, 3.05) is 7.05 Å². The first-order valence-electron chi connectivity index (χ1n) is 9.22. The second-order valence-electron chi connectivity index (χ2n) is 7.75. The number of aliphatic carboxylic acids is 1. The van der Waals surface area contributed by atoms with Crippen LogP contribution in [-0.2, 0) is 22.6 Å². The minimum absolute atomic E-state index is 0.139. The van der Waals surface area contributed by atoms with E-state index in [9.17, 15) is 14.7 Å². The first kappa shape index (κ1) is 19.5. The highest BCUT2D eigenvalue weighted by molar-refractivity contribution is 5.88. The molecule has 1 saturated carbocycles. The molecular weight excluding hydrogens is 318 g/mol. The van der Waals surface area contributed by atoms with Crippen LogP contribution in [0.15, 0.2) is 0 Å². The van der Waals surface area contributed by atoms with E-state index in [1.807, 2.05) is 18.5 Å². The lowest BCUT2D eigenvalue weighted by molar-refractivity contribution is -0.160. The number of amides is 1.